The van der Waals surface area contributed by atoms with E-state index in [9.17, 15) is 8.42 Å². The highest BCUT2D eigenvalue weighted by Gasteiger charge is 2.18. The lowest BCUT2D eigenvalue weighted by Gasteiger charge is -2.23. The summed E-state index contributed by atoms with van der Waals surface area (Å²) < 4.78 is 24.6. The van der Waals surface area contributed by atoms with Crippen LogP contribution in [0.4, 0.5) is 0 Å². The first-order valence-electron chi connectivity index (χ1n) is 8.32. The maximum absolute atomic E-state index is 11.1. The second kappa shape index (κ2) is 12.0. The van der Waals surface area contributed by atoms with E-state index < -0.39 is 10.0 Å². The minimum atomic E-state index is -3.17. The maximum atomic E-state index is 11.1. The number of hydrogen-bond acceptors (Lipinski definition) is 3. The van der Waals surface area contributed by atoms with Gasteiger partial charge in [-0.3, -0.25) is 4.99 Å². The zero-order valence-corrected chi connectivity index (χ0v) is 19.7. The van der Waals surface area contributed by atoms with Crippen LogP contribution in [0, 0.1) is 5.41 Å². The van der Waals surface area contributed by atoms with Crippen molar-refractivity contribution in [3.8, 4) is 0 Å². The van der Waals surface area contributed by atoms with Gasteiger partial charge in [0.25, 0.3) is 0 Å². The molecule has 0 saturated carbocycles. The van der Waals surface area contributed by atoms with Crippen molar-refractivity contribution in [2.45, 2.75) is 27.2 Å². The summed E-state index contributed by atoms with van der Waals surface area (Å²) in [6, 6.07) is 7.87. The molecule has 3 N–H and O–H groups in total. The van der Waals surface area contributed by atoms with Gasteiger partial charge in [-0.25, -0.2) is 13.1 Å². The molecule has 0 heterocycles. The fourth-order valence-corrected chi connectivity index (χ4v) is 2.99. The molecule has 26 heavy (non-hydrogen) atoms. The van der Waals surface area contributed by atoms with Crippen LogP contribution in [-0.4, -0.2) is 46.8 Å². The molecule has 1 rings (SSSR count). The summed E-state index contributed by atoms with van der Waals surface area (Å²) in [4.78, 5) is 4.62. The van der Waals surface area contributed by atoms with Gasteiger partial charge in [0.15, 0.2) is 5.96 Å². The quantitative estimate of drug-likeness (QED) is 0.204. The predicted octanol–water partition coefficient (Wildman–Crippen LogP) is 2.63. The van der Waals surface area contributed by atoms with E-state index in [0.29, 0.717) is 25.6 Å². The maximum Gasteiger partial charge on any atom is 0.208 e. The topological polar surface area (TPSA) is 82.6 Å². The van der Waals surface area contributed by atoms with E-state index in [1.54, 1.807) is 0 Å². The van der Waals surface area contributed by atoms with Crippen molar-refractivity contribution in [2.75, 3.05) is 32.4 Å². The van der Waals surface area contributed by atoms with Crippen molar-refractivity contribution in [3.63, 3.8) is 0 Å². The Morgan fingerprint density at radius 3 is 2.50 bits per heavy atom. The van der Waals surface area contributed by atoms with Crippen LogP contribution in [0.15, 0.2) is 29.3 Å². The summed E-state index contributed by atoms with van der Waals surface area (Å²) >= 11 is 6.05. The largest absolute Gasteiger partial charge is 0.357 e. The molecule has 150 valence electrons. The molecule has 0 spiro atoms. The normalized spacial score (nSPS) is 12.4. The third-order valence-corrected chi connectivity index (χ3v) is 4.33. The highest BCUT2D eigenvalue weighted by atomic mass is 127. The predicted molar refractivity (Wildman–Crippen MR) is 121 cm³/mol. The van der Waals surface area contributed by atoms with E-state index in [-0.39, 0.29) is 29.4 Å². The molecule has 0 aromatic heterocycles. The molecule has 0 aliphatic carbocycles. The van der Waals surface area contributed by atoms with Gasteiger partial charge in [-0.05, 0) is 36.5 Å². The number of rotatable bonds is 9. The Kier molecular flexibility index (Phi) is 11.7. The summed E-state index contributed by atoms with van der Waals surface area (Å²) in [6.07, 6.45) is 2.01. The van der Waals surface area contributed by atoms with Gasteiger partial charge in [0, 0.05) is 31.2 Å². The number of aliphatic imine (C=N–C) groups is 1. The lowest BCUT2D eigenvalue weighted by atomic mass is 9.86. The molecular formula is C17H30ClIN4O2S. The van der Waals surface area contributed by atoms with Crippen molar-refractivity contribution in [1.29, 1.82) is 0 Å². The van der Waals surface area contributed by atoms with E-state index >= 15 is 0 Å². The smallest absolute Gasteiger partial charge is 0.208 e. The van der Waals surface area contributed by atoms with Crippen LogP contribution in [0.25, 0.3) is 0 Å². The minimum absolute atomic E-state index is 0. The van der Waals surface area contributed by atoms with Crippen LogP contribution in [0.2, 0.25) is 5.02 Å². The molecule has 0 amide bonds. The number of benzene rings is 1. The molecule has 0 atom stereocenters. The molecule has 0 aliphatic rings. The SMILES string of the molecule is CCNC(=NCC(C)(C)Cc1cccc(Cl)c1)NCCNS(C)(=O)=O.I. The van der Waals surface area contributed by atoms with Crippen molar-refractivity contribution in [1.82, 2.24) is 15.4 Å². The molecule has 0 fully saturated rings. The molecule has 1 aromatic rings. The number of guanidine groups is 1. The second-order valence-electron chi connectivity index (χ2n) is 6.76. The van der Waals surface area contributed by atoms with Crippen molar-refractivity contribution >= 4 is 51.6 Å². The Hall–Kier alpha value is -0.580. The monoisotopic (exact) mass is 516 g/mol. The van der Waals surface area contributed by atoms with Crippen LogP contribution in [-0.2, 0) is 16.4 Å². The number of nitrogens with one attached hydrogen (secondary N) is 3. The van der Waals surface area contributed by atoms with Gasteiger partial charge in [-0.2, -0.15) is 0 Å². The van der Waals surface area contributed by atoms with E-state index in [1.807, 2.05) is 25.1 Å². The molecule has 0 unspecified atom stereocenters. The second-order valence-corrected chi connectivity index (χ2v) is 9.03. The van der Waals surface area contributed by atoms with Crippen LogP contribution < -0.4 is 15.4 Å². The Bertz CT molecular complexity index is 681. The molecule has 0 radical (unpaired) electrons. The molecule has 0 bridgehead atoms. The minimum Gasteiger partial charge on any atom is -0.357 e. The first-order chi connectivity index (χ1) is 11.6. The van der Waals surface area contributed by atoms with E-state index in [2.05, 4.69) is 40.3 Å². The van der Waals surface area contributed by atoms with Gasteiger partial charge in [-0.15, -0.1) is 24.0 Å². The number of hydrogen-bond donors (Lipinski definition) is 3. The Labute approximate surface area is 179 Å². The van der Waals surface area contributed by atoms with Gasteiger partial charge in [-0.1, -0.05) is 37.6 Å². The molecular weight excluding hydrogens is 487 g/mol. The lowest BCUT2D eigenvalue weighted by molar-refractivity contribution is 0.377. The first-order valence-corrected chi connectivity index (χ1v) is 10.6. The Morgan fingerprint density at radius 2 is 1.92 bits per heavy atom. The van der Waals surface area contributed by atoms with Crippen molar-refractivity contribution in [3.05, 3.63) is 34.9 Å². The molecule has 0 saturated heterocycles. The van der Waals surface area contributed by atoms with E-state index in [0.717, 1.165) is 24.2 Å². The van der Waals surface area contributed by atoms with Crippen LogP contribution >= 0.6 is 35.6 Å². The molecule has 1 aromatic carbocycles. The first kappa shape index (κ1) is 25.4. The summed E-state index contributed by atoms with van der Waals surface area (Å²) in [5, 5.41) is 7.04. The highest BCUT2D eigenvalue weighted by Crippen LogP contribution is 2.23. The lowest BCUT2D eigenvalue weighted by Crippen LogP contribution is -2.42. The van der Waals surface area contributed by atoms with Crippen LogP contribution in [0.1, 0.15) is 26.3 Å². The fourth-order valence-electron chi connectivity index (χ4n) is 2.31. The number of halogens is 2. The summed E-state index contributed by atoms with van der Waals surface area (Å²) in [7, 11) is -3.17. The van der Waals surface area contributed by atoms with Gasteiger partial charge in [0.2, 0.25) is 10.0 Å². The zero-order valence-electron chi connectivity index (χ0n) is 15.8. The third-order valence-electron chi connectivity index (χ3n) is 3.36. The van der Waals surface area contributed by atoms with Crippen molar-refractivity contribution < 1.29 is 8.42 Å². The van der Waals surface area contributed by atoms with Crippen molar-refractivity contribution in [2.24, 2.45) is 10.4 Å². The van der Waals surface area contributed by atoms with Gasteiger partial charge >= 0.3 is 0 Å². The fraction of sp³-hybridized carbons (Fsp3) is 0.588. The summed E-state index contributed by atoms with van der Waals surface area (Å²) in [5.41, 5.74) is 1.15. The van der Waals surface area contributed by atoms with E-state index in [1.165, 1.54) is 5.56 Å². The average molecular weight is 517 g/mol. The molecule has 6 nitrogen and oxygen atoms in total. The number of nitrogens with zero attached hydrogens (tertiary/aromatic N) is 1. The average Bonchev–Trinajstić information content (AvgIpc) is 2.47. The molecule has 9 heteroatoms. The van der Waals surface area contributed by atoms with Gasteiger partial charge < -0.3 is 10.6 Å². The number of sulfonamides is 1. The van der Waals surface area contributed by atoms with Gasteiger partial charge in [0.1, 0.15) is 0 Å². The molecule has 0 aliphatic heterocycles. The highest BCUT2D eigenvalue weighted by molar-refractivity contribution is 14.0. The Balaban J connectivity index is 0.00000625. The summed E-state index contributed by atoms with van der Waals surface area (Å²) in [5.74, 6) is 0.678. The third kappa shape index (κ3) is 11.9. The van der Waals surface area contributed by atoms with E-state index in [4.69, 9.17) is 11.6 Å². The summed E-state index contributed by atoms with van der Waals surface area (Å²) in [6.45, 7) is 8.46. The standard InChI is InChI=1S/C17H29ClN4O2S.HI/c1-5-19-16(20-9-10-22-25(4,23)24)21-13-17(2,3)12-14-7-6-8-15(18)11-14;/h6-8,11,22H,5,9-10,12-13H2,1-4H3,(H2,19,20,21);1H. The Morgan fingerprint density at radius 1 is 1.23 bits per heavy atom. The van der Waals surface area contributed by atoms with Crippen LogP contribution in [0.5, 0.6) is 0 Å². The van der Waals surface area contributed by atoms with Crippen LogP contribution in [0.3, 0.4) is 0 Å². The van der Waals surface area contributed by atoms with Gasteiger partial charge in [0.05, 0.1) is 6.26 Å². The zero-order chi connectivity index (χ0) is 18.9.